The second-order valence-electron chi connectivity index (χ2n) is 7.03. The van der Waals surface area contributed by atoms with Gasteiger partial charge in [-0.1, -0.05) is 42.6 Å². The molecule has 1 aromatic rings. The molecule has 0 bridgehead atoms. The summed E-state index contributed by atoms with van der Waals surface area (Å²) in [5.41, 5.74) is 0.599. The van der Waals surface area contributed by atoms with E-state index in [1.807, 2.05) is 0 Å². The van der Waals surface area contributed by atoms with Gasteiger partial charge in [0.1, 0.15) is 0 Å². The van der Waals surface area contributed by atoms with Crippen LogP contribution in [0.3, 0.4) is 0 Å². The Morgan fingerprint density at radius 2 is 1.88 bits per heavy atom. The van der Waals surface area contributed by atoms with Crippen LogP contribution < -0.4 is 5.32 Å². The summed E-state index contributed by atoms with van der Waals surface area (Å²) in [7, 11) is -3.48. The minimum atomic E-state index is -3.48. The number of nitrogens with zero attached hydrogens (tertiary/aromatic N) is 1. The Kier molecular flexibility index (Phi) is 6.02. The zero-order valence-electron chi connectivity index (χ0n) is 14.3. The quantitative estimate of drug-likeness (QED) is 0.848. The fraction of sp³-hybridized carbons (Fsp3) is 0.611. The molecule has 1 aromatic carbocycles. The highest BCUT2D eigenvalue weighted by atomic mass is 35.5. The Morgan fingerprint density at radius 3 is 2.60 bits per heavy atom. The van der Waals surface area contributed by atoms with Crippen LogP contribution in [-0.2, 0) is 20.6 Å². The summed E-state index contributed by atoms with van der Waals surface area (Å²) in [5.74, 6) is -0.371. The summed E-state index contributed by atoms with van der Waals surface area (Å²) in [6, 6.07) is 7.25. The molecule has 1 amide bonds. The Balaban J connectivity index is 1.63. The zero-order chi connectivity index (χ0) is 17.9. The lowest BCUT2D eigenvalue weighted by Crippen LogP contribution is -2.47. The van der Waals surface area contributed by atoms with Crippen LogP contribution in [0, 0.1) is 5.92 Å². The van der Waals surface area contributed by atoms with Crippen molar-refractivity contribution in [3.8, 4) is 0 Å². The molecule has 1 saturated carbocycles. The first-order valence-corrected chi connectivity index (χ1v) is 11.0. The van der Waals surface area contributed by atoms with Gasteiger partial charge < -0.3 is 5.32 Å². The van der Waals surface area contributed by atoms with Crippen molar-refractivity contribution in [2.75, 3.05) is 13.1 Å². The van der Waals surface area contributed by atoms with Crippen LogP contribution in [0.15, 0.2) is 24.3 Å². The van der Waals surface area contributed by atoms with Crippen molar-refractivity contribution in [3.05, 3.63) is 34.9 Å². The number of halogens is 1. The van der Waals surface area contributed by atoms with Gasteiger partial charge in [-0.2, -0.15) is 0 Å². The van der Waals surface area contributed by atoms with Gasteiger partial charge in [0, 0.05) is 24.2 Å². The van der Waals surface area contributed by atoms with Gasteiger partial charge in [-0.15, -0.1) is 0 Å². The third kappa shape index (κ3) is 4.74. The van der Waals surface area contributed by atoms with Gasteiger partial charge in [0.2, 0.25) is 15.9 Å². The van der Waals surface area contributed by atoms with E-state index in [9.17, 15) is 13.2 Å². The number of amides is 1. The zero-order valence-corrected chi connectivity index (χ0v) is 15.9. The lowest BCUT2D eigenvalue weighted by molar-refractivity contribution is -0.126. The van der Waals surface area contributed by atoms with Crippen molar-refractivity contribution in [3.63, 3.8) is 0 Å². The third-order valence-electron chi connectivity index (χ3n) is 5.15. The predicted molar refractivity (Wildman–Crippen MR) is 98.8 cm³/mol. The number of hydrogen-bond acceptors (Lipinski definition) is 3. The van der Waals surface area contributed by atoms with E-state index >= 15 is 0 Å². The molecule has 3 rings (SSSR count). The number of carbonyl (C=O) groups excluding carboxylic acids is 1. The fourth-order valence-corrected chi connectivity index (χ4v) is 5.62. The highest BCUT2D eigenvalue weighted by Gasteiger charge is 2.33. The van der Waals surface area contributed by atoms with Crippen molar-refractivity contribution < 1.29 is 13.2 Å². The molecular weight excluding hydrogens is 360 g/mol. The van der Waals surface area contributed by atoms with Gasteiger partial charge in [0.15, 0.2) is 0 Å². The van der Waals surface area contributed by atoms with Crippen molar-refractivity contribution in [2.45, 2.75) is 50.3 Å². The number of carbonyl (C=O) groups is 1. The Labute approximate surface area is 154 Å². The van der Waals surface area contributed by atoms with Crippen molar-refractivity contribution in [2.24, 2.45) is 5.92 Å². The average Bonchev–Trinajstić information content (AvgIpc) is 3.10. The van der Waals surface area contributed by atoms with Crippen LogP contribution in [-0.4, -0.2) is 37.8 Å². The molecule has 1 saturated heterocycles. The van der Waals surface area contributed by atoms with E-state index in [4.69, 9.17) is 11.6 Å². The normalized spacial score (nSPS) is 22.8. The Morgan fingerprint density at radius 1 is 1.16 bits per heavy atom. The van der Waals surface area contributed by atoms with Crippen LogP contribution in [0.1, 0.15) is 44.1 Å². The lowest BCUT2D eigenvalue weighted by Gasteiger charge is -2.32. The van der Waals surface area contributed by atoms with Gasteiger partial charge in [-0.25, -0.2) is 12.7 Å². The summed E-state index contributed by atoms with van der Waals surface area (Å²) >= 11 is 6.10. The number of benzene rings is 1. The molecule has 7 heteroatoms. The van der Waals surface area contributed by atoms with Crippen LogP contribution in [0.25, 0.3) is 0 Å². The highest BCUT2D eigenvalue weighted by Crippen LogP contribution is 2.25. The lowest BCUT2D eigenvalue weighted by atomic mass is 9.98. The second kappa shape index (κ2) is 8.06. The SMILES string of the molecule is O=C(NC1CCCC1)C1CCCN(S(=O)(=O)Cc2ccccc2Cl)C1. The summed E-state index contributed by atoms with van der Waals surface area (Å²) < 4.78 is 27.0. The monoisotopic (exact) mass is 384 g/mol. The second-order valence-corrected chi connectivity index (χ2v) is 9.41. The molecule has 2 fully saturated rings. The molecule has 1 unspecified atom stereocenters. The highest BCUT2D eigenvalue weighted by molar-refractivity contribution is 7.88. The van der Waals surface area contributed by atoms with Gasteiger partial charge in [0.05, 0.1) is 11.7 Å². The molecule has 1 aliphatic heterocycles. The number of hydrogen-bond donors (Lipinski definition) is 1. The Hall–Kier alpha value is -1.11. The Bertz CT molecular complexity index is 717. The van der Waals surface area contributed by atoms with E-state index in [2.05, 4.69) is 5.32 Å². The predicted octanol–water partition coefficient (Wildman–Crippen LogP) is 2.94. The number of rotatable bonds is 5. The third-order valence-corrected chi connectivity index (χ3v) is 7.31. The molecule has 138 valence electrons. The average molecular weight is 385 g/mol. The van der Waals surface area contributed by atoms with E-state index in [0.29, 0.717) is 23.6 Å². The molecule has 5 nitrogen and oxygen atoms in total. The molecule has 1 N–H and O–H groups in total. The fourth-order valence-electron chi connectivity index (χ4n) is 3.70. The van der Waals surface area contributed by atoms with Gasteiger partial charge in [0.25, 0.3) is 0 Å². The van der Waals surface area contributed by atoms with Gasteiger partial charge >= 0.3 is 0 Å². The molecule has 1 heterocycles. The molecule has 0 radical (unpaired) electrons. The maximum absolute atomic E-state index is 12.8. The molecule has 2 aliphatic rings. The van der Waals surface area contributed by atoms with E-state index in [1.165, 1.54) is 4.31 Å². The van der Waals surface area contributed by atoms with Gasteiger partial charge in [-0.05, 0) is 37.3 Å². The molecular formula is C18H25ClN2O3S. The molecule has 1 atom stereocenters. The summed E-state index contributed by atoms with van der Waals surface area (Å²) in [6.45, 7) is 0.741. The number of sulfonamides is 1. The van der Waals surface area contributed by atoms with Crippen LogP contribution in [0.4, 0.5) is 0 Å². The first kappa shape index (κ1) is 18.7. The van der Waals surface area contributed by atoms with Crippen LogP contribution in [0.5, 0.6) is 0 Å². The molecule has 0 spiro atoms. The van der Waals surface area contributed by atoms with E-state index in [0.717, 1.165) is 32.1 Å². The van der Waals surface area contributed by atoms with E-state index < -0.39 is 10.0 Å². The summed E-state index contributed by atoms with van der Waals surface area (Å²) in [4.78, 5) is 12.5. The van der Waals surface area contributed by atoms with E-state index in [-0.39, 0.29) is 30.2 Å². The smallest absolute Gasteiger partial charge is 0.224 e. The largest absolute Gasteiger partial charge is 0.353 e. The number of nitrogens with one attached hydrogen (secondary N) is 1. The maximum Gasteiger partial charge on any atom is 0.224 e. The summed E-state index contributed by atoms with van der Waals surface area (Å²) in [6.07, 6.45) is 5.85. The van der Waals surface area contributed by atoms with Crippen molar-refractivity contribution in [1.29, 1.82) is 0 Å². The minimum Gasteiger partial charge on any atom is -0.353 e. The number of piperidine rings is 1. The molecule has 1 aliphatic carbocycles. The summed E-state index contributed by atoms with van der Waals surface area (Å²) in [5, 5.41) is 3.55. The van der Waals surface area contributed by atoms with Gasteiger partial charge in [-0.3, -0.25) is 4.79 Å². The van der Waals surface area contributed by atoms with Crippen molar-refractivity contribution >= 4 is 27.5 Å². The molecule has 25 heavy (non-hydrogen) atoms. The van der Waals surface area contributed by atoms with E-state index in [1.54, 1.807) is 24.3 Å². The standard InChI is InChI=1S/C18H25ClN2O3S/c19-17-10-4-1-6-15(17)13-25(23,24)21-11-5-7-14(12-21)18(22)20-16-8-2-3-9-16/h1,4,6,10,14,16H,2-3,5,7-9,11-13H2,(H,20,22). The molecule has 0 aromatic heterocycles. The van der Waals surface area contributed by atoms with Crippen molar-refractivity contribution in [1.82, 2.24) is 9.62 Å². The topological polar surface area (TPSA) is 66.5 Å². The first-order chi connectivity index (χ1) is 12.0. The first-order valence-electron chi connectivity index (χ1n) is 8.97. The maximum atomic E-state index is 12.8. The minimum absolute atomic E-state index is 0.00421. The van der Waals surface area contributed by atoms with Crippen LogP contribution >= 0.6 is 11.6 Å². The van der Waals surface area contributed by atoms with Crippen LogP contribution in [0.2, 0.25) is 5.02 Å².